The van der Waals surface area contributed by atoms with Crippen molar-refractivity contribution < 1.29 is 9.90 Å². The molecule has 5 heterocycles. The molecule has 8 nitrogen and oxygen atoms in total. The van der Waals surface area contributed by atoms with Gasteiger partial charge in [0.25, 0.3) is 0 Å². The Bertz CT molecular complexity index is 1370. The predicted octanol–water partition coefficient (Wildman–Crippen LogP) is 3.32. The second-order valence-corrected chi connectivity index (χ2v) is 11.4. The van der Waals surface area contributed by atoms with Gasteiger partial charge in [0.15, 0.2) is 5.79 Å². The number of piperazine rings is 1. The number of likely N-dealkylation sites (N-methyl/N-ethyl adjacent to an activating group) is 1. The number of aromatic nitrogens is 1. The molecule has 188 valence electrons. The zero-order valence-corrected chi connectivity index (χ0v) is 21.6. The monoisotopic (exact) mass is 504 g/mol. The Balaban J connectivity index is 1.22. The molecule has 9 heteroatoms. The molecule has 1 aromatic carbocycles. The number of carboxylic acid groups (broad SMARTS) is 1. The number of thiophene rings is 1. The van der Waals surface area contributed by atoms with Crippen LogP contribution in [0.25, 0.3) is 21.3 Å². The van der Waals surface area contributed by atoms with E-state index in [1.54, 1.807) is 6.20 Å². The molecule has 6 rings (SSSR count). The number of hydrogen-bond acceptors (Lipinski definition) is 7. The molecule has 3 aromatic rings. The normalized spacial score (nSPS) is 23.4. The van der Waals surface area contributed by atoms with E-state index in [1.807, 2.05) is 18.3 Å². The Kier molecular flexibility index (Phi) is 5.95. The number of nitrogens with one attached hydrogen (secondary N) is 2. The fourth-order valence-corrected chi connectivity index (χ4v) is 6.40. The van der Waals surface area contributed by atoms with Gasteiger partial charge in [-0.2, -0.15) is 0 Å². The predicted molar refractivity (Wildman–Crippen MR) is 144 cm³/mol. The van der Waals surface area contributed by atoms with Crippen molar-refractivity contribution in [1.29, 1.82) is 0 Å². The summed E-state index contributed by atoms with van der Waals surface area (Å²) in [4.78, 5) is 29.4. The highest BCUT2D eigenvalue weighted by molar-refractivity contribution is 7.15. The Morgan fingerprint density at radius 1 is 1.17 bits per heavy atom. The summed E-state index contributed by atoms with van der Waals surface area (Å²) in [5.41, 5.74) is 5.18. The van der Waals surface area contributed by atoms with E-state index >= 15 is 0 Å². The number of fused-ring (bicyclic) bond motifs is 3. The lowest BCUT2D eigenvalue weighted by Gasteiger charge is -2.41. The van der Waals surface area contributed by atoms with Crippen LogP contribution in [0.2, 0.25) is 0 Å². The number of nitrogens with zero attached hydrogens (tertiary/aromatic N) is 4. The number of hydrogen-bond donors (Lipinski definition) is 3. The fourth-order valence-electron chi connectivity index (χ4n) is 5.36. The van der Waals surface area contributed by atoms with E-state index in [0.29, 0.717) is 0 Å². The largest absolute Gasteiger partial charge is 0.478 e. The highest BCUT2D eigenvalue weighted by Gasteiger charge is 2.35. The maximum atomic E-state index is 11.3. The van der Waals surface area contributed by atoms with Crippen LogP contribution < -0.4 is 5.32 Å². The summed E-state index contributed by atoms with van der Waals surface area (Å²) < 4.78 is 0. The van der Waals surface area contributed by atoms with Crippen molar-refractivity contribution in [2.24, 2.45) is 4.99 Å². The SMILES string of the molecule is CN1CCN(Cc2ccc(-c3ccc4[nH]c5c(c4c3)CN(C3(C)N=CC(C(=O)O)=CN3)CC5)s2)CC1. The van der Waals surface area contributed by atoms with E-state index in [2.05, 4.69) is 67.4 Å². The summed E-state index contributed by atoms with van der Waals surface area (Å²) in [6, 6.07) is 11.3. The highest BCUT2D eigenvalue weighted by atomic mass is 32.1. The van der Waals surface area contributed by atoms with Crippen molar-refractivity contribution in [2.45, 2.75) is 32.2 Å². The summed E-state index contributed by atoms with van der Waals surface area (Å²) in [5, 5.41) is 13.7. The molecule has 0 spiro atoms. The average Bonchev–Trinajstić information content (AvgIpc) is 3.49. The second-order valence-electron chi connectivity index (χ2n) is 10.2. The van der Waals surface area contributed by atoms with Crippen LogP contribution in [0.5, 0.6) is 0 Å². The van der Waals surface area contributed by atoms with Crippen LogP contribution in [0, 0.1) is 0 Å². The molecule has 0 bridgehead atoms. The van der Waals surface area contributed by atoms with Crippen LogP contribution in [0.1, 0.15) is 23.1 Å². The molecule has 0 aliphatic carbocycles. The Morgan fingerprint density at radius 3 is 2.75 bits per heavy atom. The Labute approximate surface area is 214 Å². The summed E-state index contributed by atoms with van der Waals surface area (Å²) in [6.45, 7) is 9.15. The van der Waals surface area contributed by atoms with Crippen LogP contribution >= 0.6 is 11.3 Å². The van der Waals surface area contributed by atoms with Crippen LogP contribution in [-0.4, -0.2) is 82.5 Å². The van der Waals surface area contributed by atoms with E-state index in [-0.39, 0.29) is 5.57 Å². The third-order valence-electron chi connectivity index (χ3n) is 7.72. The van der Waals surface area contributed by atoms with Crippen molar-refractivity contribution >= 4 is 34.4 Å². The highest BCUT2D eigenvalue weighted by Crippen LogP contribution is 2.36. The minimum absolute atomic E-state index is 0.171. The van der Waals surface area contributed by atoms with Crippen molar-refractivity contribution in [3.8, 4) is 10.4 Å². The molecule has 36 heavy (non-hydrogen) atoms. The number of aliphatic carboxylic acids is 1. The van der Waals surface area contributed by atoms with Gasteiger partial charge < -0.3 is 20.3 Å². The molecular weight excluding hydrogens is 472 g/mol. The van der Waals surface area contributed by atoms with E-state index in [1.165, 1.54) is 38.2 Å². The zero-order valence-electron chi connectivity index (χ0n) is 20.8. The van der Waals surface area contributed by atoms with E-state index < -0.39 is 11.8 Å². The van der Waals surface area contributed by atoms with Gasteiger partial charge >= 0.3 is 5.97 Å². The maximum absolute atomic E-state index is 11.3. The smallest absolute Gasteiger partial charge is 0.338 e. The van der Waals surface area contributed by atoms with Crippen molar-refractivity contribution in [3.05, 3.63) is 58.2 Å². The molecule has 1 fully saturated rings. The minimum atomic E-state index is -0.973. The molecular formula is C27H32N6O2S. The van der Waals surface area contributed by atoms with Crippen LogP contribution in [-0.2, 0) is 24.3 Å². The Hall–Kier alpha value is -2.98. The zero-order chi connectivity index (χ0) is 24.9. The van der Waals surface area contributed by atoms with Gasteiger partial charge in [0.2, 0.25) is 0 Å². The quantitative estimate of drug-likeness (QED) is 0.494. The number of benzene rings is 1. The van der Waals surface area contributed by atoms with Gasteiger partial charge in [0.1, 0.15) is 0 Å². The second kappa shape index (κ2) is 9.15. The lowest BCUT2D eigenvalue weighted by Crippen LogP contribution is -2.56. The van der Waals surface area contributed by atoms with Gasteiger partial charge in [0, 0.05) is 91.0 Å². The summed E-state index contributed by atoms with van der Waals surface area (Å²) in [7, 11) is 2.20. The molecule has 1 saturated heterocycles. The lowest BCUT2D eigenvalue weighted by molar-refractivity contribution is -0.132. The van der Waals surface area contributed by atoms with Crippen molar-refractivity contribution in [3.63, 3.8) is 0 Å². The first-order valence-corrected chi connectivity index (χ1v) is 13.3. The number of carbonyl (C=O) groups is 1. The van der Waals surface area contributed by atoms with E-state index in [4.69, 9.17) is 0 Å². The van der Waals surface area contributed by atoms with Gasteiger partial charge in [-0.15, -0.1) is 11.3 Å². The third kappa shape index (κ3) is 4.37. The van der Waals surface area contributed by atoms with E-state index in [9.17, 15) is 9.90 Å². The van der Waals surface area contributed by atoms with Crippen LogP contribution in [0.4, 0.5) is 0 Å². The van der Waals surface area contributed by atoms with Gasteiger partial charge in [-0.05, 0) is 49.4 Å². The standard InChI is InChI=1S/C27H32N6O2S/c1-27(28-14-19(15-29-27)26(34)35)33-8-7-24-22(17-33)21-13-18(3-5-23(21)30-24)25-6-4-20(36-25)16-32-11-9-31(2)10-12-32/h3-6,13-15,28,30H,7-12,16-17H2,1-2H3,(H,34,35). The Morgan fingerprint density at radius 2 is 2.00 bits per heavy atom. The average molecular weight is 505 g/mol. The van der Waals surface area contributed by atoms with Crippen molar-refractivity contribution in [1.82, 2.24) is 25.0 Å². The summed E-state index contributed by atoms with van der Waals surface area (Å²) >= 11 is 1.89. The minimum Gasteiger partial charge on any atom is -0.478 e. The number of carboxylic acids is 1. The molecule has 1 unspecified atom stereocenters. The molecule has 3 aliphatic heterocycles. The number of aromatic amines is 1. The summed E-state index contributed by atoms with van der Waals surface area (Å²) in [6.07, 6.45) is 3.91. The topological polar surface area (TPSA) is 87.2 Å². The molecule has 1 atom stereocenters. The summed E-state index contributed by atoms with van der Waals surface area (Å²) in [5.74, 6) is -1.64. The first-order chi connectivity index (χ1) is 17.4. The van der Waals surface area contributed by atoms with Gasteiger partial charge in [-0.1, -0.05) is 6.07 Å². The van der Waals surface area contributed by atoms with Gasteiger partial charge in [-0.3, -0.25) is 9.80 Å². The fraction of sp³-hybridized carbons (Fsp3) is 0.407. The van der Waals surface area contributed by atoms with Crippen LogP contribution in [0.3, 0.4) is 0 Å². The van der Waals surface area contributed by atoms with E-state index in [0.717, 1.165) is 57.8 Å². The molecule has 0 radical (unpaired) electrons. The first-order valence-electron chi connectivity index (χ1n) is 12.5. The van der Waals surface area contributed by atoms with Gasteiger partial charge in [-0.25, -0.2) is 9.79 Å². The van der Waals surface area contributed by atoms with Crippen molar-refractivity contribution in [2.75, 3.05) is 39.8 Å². The molecule has 3 N–H and O–H groups in total. The van der Waals surface area contributed by atoms with Crippen LogP contribution in [0.15, 0.2) is 47.1 Å². The molecule has 3 aliphatic rings. The third-order valence-corrected chi connectivity index (χ3v) is 8.83. The molecule has 2 aromatic heterocycles. The molecule has 0 amide bonds. The first kappa shape index (κ1) is 23.4. The number of rotatable bonds is 5. The van der Waals surface area contributed by atoms with Gasteiger partial charge in [0.05, 0.1) is 5.57 Å². The molecule has 0 saturated carbocycles. The lowest BCUT2D eigenvalue weighted by atomic mass is 10.0. The number of H-pyrrole nitrogens is 1. The maximum Gasteiger partial charge on any atom is 0.338 e. The number of aliphatic imine (C=N–C) groups is 1.